The van der Waals surface area contributed by atoms with Crippen molar-refractivity contribution in [2.45, 2.75) is 20.3 Å². The lowest BCUT2D eigenvalue weighted by Crippen LogP contribution is -2.15. The van der Waals surface area contributed by atoms with Crippen LogP contribution in [-0.4, -0.2) is 19.2 Å². The normalized spacial score (nSPS) is 11.9. The van der Waals surface area contributed by atoms with E-state index >= 15 is 0 Å². The van der Waals surface area contributed by atoms with E-state index in [1.54, 1.807) is 24.4 Å². The summed E-state index contributed by atoms with van der Waals surface area (Å²) in [5, 5.41) is 0.860. The number of pyridine rings is 1. The van der Waals surface area contributed by atoms with Crippen LogP contribution in [0.4, 0.5) is 0 Å². The van der Waals surface area contributed by atoms with Gasteiger partial charge in [-0.15, -0.1) is 0 Å². The van der Waals surface area contributed by atoms with E-state index in [9.17, 15) is 8.42 Å². The number of rotatable bonds is 5. The molecule has 19 heavy (non-hydrogen) atoms. The van der Waals surface area contributed by atoms with Crippen molar-refractivity contribution >= 4 is 21.0 Å². The number of hydrogen-bond donors (Lipinski definition) is 0. The summed E-state index contributed by atoms with van der Waals surface area (Å²) in [6, 6.07) is 8.94. The van der Waals surface area contributed by atoms with Gasteiger partial charge in [0.15, 0.2) is 5.75 Å². The Morgan fingerprint density at radius 2 is 1.95 bits per heavy atom. The van der Waals surface area contributed by atoms with Crippen molar-refractivity contribution in [1.29, 1.82) is 0 Å². The van der Waals surface area contributed by atoms with Crippen LogP contribution in [-0.2, 0) is 10.1 Å². The Labute approximate surface area is 113 Å². The van der Waals surface area contributed by atoms with E-state index in [1.165, 1.54) is 0 Å². The third kappa shape index (κ3) is 3.67. The number of nitrogens with zero attached hydrogens (tertiary/aromatic N) is 1. The second-order valence-corrected chi connectivity index (χ2v) is 6.55. The highest BCUT2D eigenvalue weighted by molar-refractivity contribution is 7.87. The molecule has 1 aromatic heterocycles. The van der Waals surface area contributed by atoms with Crippen LogP contribution in [0.5, 0.6) is 5.75 Å². The molecule has 1 aromatic carbocycles. The van der Waals surface area contributed by atoms with Gasteiger partial charge in [-0.3, -0.25) is 4.98 Å². The minimum absolute atomic E-state index is 0.0217. The van der Waals surface area contributed by atoms with Gasteiger partial charge < -0.3 is 4.18 Å². The molecule has 0 aliphatic rings. The number of para-hydroxylation sites is 1. The highest BCUT2D eigenvalue weighted by atomic mass is 32.2. The largest absolute Gasteiger partial charge is 0.380 e. The average molecular weight is 279 g/mol. The Hall–Kier alpha value is -1.62. The number of hydrogen-bond acceptors (Lipinski definition) is 4. The predicted molar refractivity (Wildman–Crippen MR) is 75.6 cm³/mol. The van der Waals surface area contributed by atoms with Crippen molar-refractivity contribution < 1.29 is 12.6 Å². The molecule has 0 atom stereocenters. The molecule has 1 heterocycles. The summed E-state index contributed by atoms with van der Waals surface area (Å²) in [4.78, 5) is 4.17. The molecule has 0 spiro atoms. The maximum Gasteiger partial charge on any atom is 0.309 e. The lowest BCUT2D eigenvalue weighted by Gasteiger charge is -2.09. The standard InChI is InChI=1S/C14H17NO3S/c1-11(2)8-10-19(16,17)18-13-7-3-5-12-6-4-9-15-14(12)13/h3-7,9,11H,8,10H2,1-2H3. The molecule has 2 rings (SSSR count). The lowest BCUT2D eigenvalue weighted by molar-refractivity contribution is 0.479. The summed E-state index contributed by atoms with van der Waals surface area (Å²) in [7, 11) is -3.56. The molecular weight excluding hydrogens is 262 g/mol. The van der Waals surface area contributed by atoms with Gasteiger partial charge in [-0.25, -0.2) is 0 Å². The first-order chi connectivity index (χ1) is 8.98. The summed E-state index contributed by atoms with van der Waals surface area (Å²) in [5.41, 5.74) is 0.568. The molecule has 0 radical (unpaired) electrons. The van der Waals surface area contributed by atoms with Gasteiger partial charge in [-0.05, 0) is 24.5 Å². The second kappa shape index (κ2) is 5.57. The van der Waals surface area contributed by atoms with Crippen molar-refractivity contribution in [2.24, 2.45) is 5.92 Å². The molecule has 0 fully saturated rings. The van der Waals surface area contributed by atoms with Crippen LogP contribution in [0.25, 0.3) is 10.9 Å². The van der Waals surface area contributed by atoms with Crippen molar-refractivity contribution in [2.75, 3.05) is 5.75 Å². The fraction of sp³-hybridized carbons (Fsp3) is 0.357. The smallest absolute Gasteiger partial charge is 0.309 e. The fourth-order valence-electron chi connectivity index (χ4n) is 1.70. The number of aromatic nitrogens is 1. The van der Waals surface area contributed by atoms with Gasteiger partial charge in [0.25, 0.3) is 0 Å². The van der Waals surface area contributed by atoms with Crippen LogP contribution in [0.15, 0.2) is 36.5 Å². The first kappa shape index (κ1) is 13.8. The van der Waals surface area contributed by atoms with Gasteiger partial charge in [0.05, 0.1) is 5.75 Å². The van der Waals surface area contributed by atoms with Crippen molar-refractivity contribution in [3.05, 3.63) is 36.5 Å². The third-order valence-electron chi connectivity index (χ3n) is 2.76. The van der Waals surface area contributed by atoms with Crippen LogP contribution in [0.1, 0.15) is 20.3 Å². The van der Waals surface area contributed by atoms with Crippen LogP contribution in [0, 0.1) is 5.92 Å². The van der Waals surface area contributed by atoms with E-state index in [-0.39, 0.29) is 5.75 Å². The van der Waals surface area contributed by atoms with Crippen LogP contribution < -0.4 is 4.18 Å². The molecule has 0 N–H and O–H groups in total. The second-order valence-electron chi connectivity index (χ2n) is 4.86. The highest BCUT2D eigenvalue weighted by Crippen LogP contribution is 2.24. The summed E-state index contributed by atoms with van der Waals surface area (Å²) in [6.45, 7) is 3.96. The molecule has 102 valence electrons. The Morgan fingerprint density at radius 1 is 1.21 bits per heavy atom. The van der Waals surface area contributed by atoms with E-state index in [0.29, 0.717) is 23.6 Å². The maximum atomic E-state index is 11.9. The Kier molecular flexibility index (Phi) is 4.04. The zero-order valence-corrected chi connectivity index (χ0v) is 11.9. The molecule has 0 aliphatic heterocycles. The maximum absolute atomic E-state index is 11.9. The highest BCUT2D eigenvalue weighted by Gasteiger charge is 2.15. The van der Waals surface area contributed by atoms with Crippen molar-refractivity contribution in [1.82, 2.24) is 4.98 Å². The van der Waals surface area contributed by atoms with Gasteiger partial charge in [-0.1, -0.05) is 32.0 Å². The Balaban J connectivity index is 2.26. The SMILES string of the molecule is CC(C)CCS(=O)(=O)Oc1cccc2cccnc12. The molecular formula is C14H17NO3S. The summed E-state index contributed by atoms with van der Waals surface area (Å²) in [6.07, 6.45) is 2.20. The van der Waals surface area contributed by atoms with Crippen LogP contribution >= 0.6 is 0 Å². The molecule has 5 heteroatoms. The van der Waals surface area contributed by atoms with Gasteiger partial charge in [0, 0.05) is 11.6 Å². The van der Waals surface area contributed by atoms with Gasteiger partial charge in [0.2, 0.25) is 0 Å². The molecule has 4 nitrogen and oxygen atoms in total. The molecule has 2 aromatic rings. The molecule has 0 saturated carbocycles. The quantitative estimate of drug-likeness (QED) is 0.789. The van der Waals surface area contributed by atoms with E-state index < -0.39 is 10.1 Å². The molecule has 0 amide bonds. The lowest BCUT2D eigenvalue weighted by atomic mass is 10.2. The first-order valence-corrected chi connectivity index (χ1v) is 7.81. The van der Waals surface area contributed by atoms with Gasteiger partial charge >= 0.3 is 10.1 Å². The van der Waals surface area contributed by atoms with E-state index in [0.717, 1.165) is 5.39 Å². The van der Waals surface area contributed by atoms with Crippen molar-refractivity contribution in [3.8, 4) is 5.75 Å². The van der Waals surface area contributed by atoms with Crippen LogP contribution in [0.2, 0.25) is 0 Å². The Morgan fingerprint density at radius 3 is 2.68 bits per heavy atom. The predicted octanol–water partition coefficient (Wildman–Crippen LogP) is 2.99. The average Bonchev–Trinajstić information content (AvgIpc) is 2.37. The monoisotopic (exact) mass is 279 g/mol. The molecule has 0 aliphatic carbocycles. The topological polar surface area (TPSA) is 56.3 Å². The number of fused-ring (bicyclic) bond motifs is 1. The number of benzene rings is 1. The minimum Gasteiger partial charge on any atom is -0.380 e. The first-order valence-electron chi connectivity index (χ1n) is 6.24. The molecule has 0 unspecified atom stereocenters. The summed E-state index contributed by atoms with van der Waals surface area (Å²) >= 11 is 0. The molecule has 0 bridgehead atoms. The van der Waals surface area contributed by atoms with Crippen molar-refractivity contribution in [3.63, 3.8) is 0 Å². The summed E-state index contributed by atoms with van der Waals surface area (Å²) in [5.74, 6) is 0.638. The third-order valence-corrected chi connectivity index (χ3v) is 3.93. The van der Waals surface area contributed by atoms with E-state index in [2.05, 4.69) is 4.98 Å². The zero-order chi connectivity index (χ0) is 13.9. The zero-order valence-electron chi connectivity index (χ0n) is 11.0. The molecule has 0 saturated heterocycles. The summed E-state index contributed by atoms with van der Waals surface area (Å²) < 4.78 is 29.0. The van der Waals surface area contributed by atoms with Gasteiger partial charge in [-0.2, -0.15) is 8.42 Å². The minimum atomic E-state index is -3.56. The van der Waals surface area contributed by atoms with E-state index in [1.807, 2.05) is 26.0 Å². The fourth-order valence-corrected chi connectivity index (χ4v) is 2.95. The van der Waals surface area contributed by atoms with E-state index in [4.69, 9.17) is 4.18 Å². The Bertz CT molecular complexity index is 660. The van der Waals surface area contributed by atoms with Crippen LogP contribution in [0.3, 0.4) is 0 Å². The van der Waals surface area contributed by atoms with Gasteiger partial charge in [0.1, 0.15) is 5.52 Å².